The van der Waals surface area contributed by atoms with Crippen molar-refractivity contribution in [2.45, 2.75) is 20.1 Å². The number of pyridine rings is 2. The van der Waals surface area contributed by atoms with E-state index in [0.717, 1.165) is 0 Å². The van der Waals surface area contributed by atoms with Crippen LogP contribution in [0.25, 0.3) is 22.5 Å². The van der Waals surface area contributed by atoms with Crippen molar-refractivity contribution in [3.8, 4) is 22.5 Å². The molecule has 0 atom stereocenters. The Morgan fingerprint density at radius 3 is 2.55 bits per heavy atom. The van der Waals surface area contributed by atoms with E-state index < -0.39 is 26.0 Å². The van der Waals surface area contributed by atoms with Crippen LogP contribution in [0.4, 0.5) is 0 Å². The minimum atomic E-state index is -3.44. The lowest BCUT2D eigenvalue weighted by Crippen LogP contribution is -2.01. The van der Waals surface area contributed by atoms with Crippen LogP contribution in [-0.4, -0.2) is 9.97 Å². The van der Waals surface area contributed by atoms with E-state index >= 15 is 0 Å². The van der Waals surface area contributed by atoms with Crippen LogP contribution in [0.15, 0.2) is 67.0 Å². The molecule has 110 valence electrons. The molecule has 3 aromatic rings. The van der Waals surface area contributed by atoms with Gasteiger partial charge in [-0.25, -0.2) is 0 Å². The summed E-state index contributed by atoms with van der Waals surface area (Å²) >= 11 is 0. The maximum Gasteiger partial charge on any atom is 0.0967 e. The molecule has 0 N–H and O–H groups in total. The van der Waals surface area contributed by atoms with Crippen molar-refractivity contribution in [3.05, 3.63) is 72.6 Å². The van der Waals surface area contributed by atoms with E-state index in [4.69, 9.17) is 12.3 Å². The fraction of sp³-hybridized carbons (Fsp3) is 0.200. The summed E-state index contributed by atoms with van der Waals surface area (Å²) in [7, 11) is 0. The molecule has 0 saturated heterocycles. The lowest BCUT2D eigenvalue weighted by Gasteiger charge is -2.15. The predicted molar refractivity (Wildman–Crippen MR) is 91.4 cm³/mol. The number of rotatable bonds is 4. The molecule has 2 nitrogen and oxygen atoms in total. The summed E-state index contributed by atoms with van der Waals surface area (Å²) in [5.41, 5.74) is 1.09. The second-order valence-electron chi connectivity index (χ2n) is 4.66. The fourth-order valence-corrected chi connectivity index (χ4v) is 2.29. The topological polar surface area (TPSA) is 25.8 Å². The van der Waals surface area contributed by atoms with Gasteiger partial charge in [0.15, 0.2) is 0 Å². The van der Waals surface area contributed by atoms with Crippen LogP contribution >= 0.6 is 0 Å². The van der Waals surface area contributed by atoms with E-state index in [9.17, 15) is 0 Å². The quantitative estimate of drug-likeness (QED) is 0.676. The molecule has 2 heterocycles. The Kier molecular flexibility index (Phi) is 2.13. The molecule has 1 aromatic carbocycles. The van der Waals surface area contributed by atoms with E-state index in [1.807, 2.05) is 0 Å². The van der Waals surface area contributed by atoms with Crippen molar-refractivity contribution in [3.63, 3.8) is 0 Å². The molecule has 3 rings (SSSR count). The van der Waals surface area contributed by atoms with E-state index in [2.05, 4.69) is 9.97 Å². The van der Waals surface area contributed by atoms with Gasteiger partial charge in [0.05, 0.1) is 11.4 Å². The van der Waals surface area contributed by atoms with Gasteiger partial charge in [-0.15, -0.1) is 0 Å². The lowest BCUT2D eigenvalue weighted by atomic mass is 9.92. The van der Waals surface area contributed by atoms with E-state index in [1.54, 1.807) is 48.5 Å². The molecular weight excluding hydrogens is 268 g/mol. The van der Waals surface area contributed by atoms with Gasteiger partial charge in [-0.2, -0.15) is 0 Å². The molecule has 0 unspecified atom stereocenters. The van der Waals surface area contributed by atoms with Crippen LogP contribution in [0.2, 0.25) is 0 Å². The maximum atomic E-state index is 8.69. The highest BCUT2D eigenvalue weighted by Crippen LogP contribution is 2.33. The van der Waals surface area contributed by atoms with Crippen molar-refractivity contribution < 1.29 is 12.3 Å². The Bertz CT molecular complexity index is 1030. The average Bonchev–Trinajstić information content (AvgIpc) is 2.72. The summed E-state index contributed by atoms with van der Waals surface area (Å²) < 4.78 is 72.4. The van der Waals surface area contributed by atoms with Gasteiger partial charge < -0.3 is 0 Å². The highest BCUT2D eigenvalue weighted by atomic mass is 14.8. The monoisotopic (exact) mass is 297 g/mol. The van der Waals surface area contributed by atoms with Crippen LogP contribution in [0.1, 0.15) is 31.6 Å². The molecule has 2 heteroatoms. The van der Waals surface area contributed by atoms with Gasteiger partial charge in [-0.05, 0) is 41.6 Å². The summed E-state index contributed by atoms with van der Waals surface area (Å²) in [6.07, 6.45) is -0.295. The highest BCUT2D eigenvalue weighted by molar-refractivity contribution is 5.81. The van der Waals surface area contributed by atoms with Gasteiger partial charge >= 0.3 is 0 Å². The summed E-state index contributed by atoms with van der Waals surface area (Å²) in [6.45, 7) is -6.88. The molecule has 0 spiro atoms. The van der Waals surface area contributed by atoms with Gasteiger partial charge in [0.2, 0.25) is 0 Å². The zero-order valence-electron chi connectivity index (χ0n) is 20.7. The fourth-order valence-electron chi connectivity index (χ4n) is 2.29. The minimum absolute atomic E-state index is 0.192. The third kappa shape index (κ3) is 3.06. The van der Waals surface area contributed by atoms with E-state index in [1.165, 1.54) is 18.5 Å². The molecule has 0 saturated carbocycles. The molecule has 0 fully saturated rings. The lowest BCUT2D eigenvalue weighted by molar-refractivity contribution is 0.648. The first-order valence-corrected chi connectivity index (χ1v) is 6.78. The first-order valence-electron chi connectivity index (χ1n) is 11.3. The zero-order valence-corrected chi connectivity index (χ0v) is 11.7. The molecule has 0 aliphatic carbocycles. The zero-order chi connectivity index (χ0) is 23.1. The van der Waals surface area contributed by atoms with E-state index in [0.29, 0.717) is 11.3 Å². The number of hydrogen-bond acceptors (Lipinski definition) is 2. The van der Waals surface area contributed by atoms with Crippen molar-refractivity contribution in [1.29, 1.82) is 0 Å². The Morgan fingerprint density at radius 2 is 1.82 bits per heavy atom. The van der Waals surface area contributed by atoms with Crippen molar-refractivity contribution in [2.24, 2.45) is 5.89 Å². The summed E-state index contributed by atoms with van der Waals surface area (Å²) in [5.74, 6) is -3.43. The third-order valence-corrected chi connectivity index (χ3v) is 3.18. The number of nitrogens with zero attached hydrogens (tertiary/aromatic N) is 2. The van der Waals surface area contributed by atoms with Crippen LogP contribution < -0.4 is 0 Å². The molecule has 0 bridgehead atoms. The van der Waals surface area contributed by atoms with Gasteiger partial charge in [0.1, 0.15) is 0 Å². The van der Waals surface area contributed by atoms with Crippen LogP contribution in [0.5, 0.6) is 0 Å². The maximum absolute atomic E-state index is 8.69. The summed E-state index contributed by atoms with van der Waals surface area (Å²) in [6, 6.07) is 14.9. The number of hydrogen-bond donors (Lipinski definition) is 0. The highest BCUT2D eigenvalue weighted by Gasteiger charge is 2.15. The number of aromatic nitrogens is 2. The third-order valence-electron chi connectivity index (χ3n) is 3.18. The minimum Gasteiger partial charge on any atom is -0.255 e. The van der Waals surface area contributed by atoms with E-state index in [-0.39, 0.29) is 16.8 Å². The SMILES string of the molecule is [2H]C([2H])([2H])C([2H])(C([2H])([2H])[2H])C([2H])([2H])c1ccnc(-c2ccccn2)c1-c1ccccc1. The largest absolute Gasteiger partial charge is 0.255 e. The predicted octanol–water partition coefficient (Wildman–Crippen LogP) is 5.01. The Labute approximate surface area is 144 Å². The molecule has 0 aliphatic rings. The number of benzene rings is 1. The molecular formula is C20H20N2. The second kappa shape index (κ2) is 6.52. The molecule has 0 aliphatic heterocycles. The van der Waals surface area contributed by atoms with Crippen LogP contribution in [-0.2, 0) is 6.37 Å². The average molecular weight is 297 g/mol. The van der Waals surface area contributed by atoms with Crippen molar-refractivity contribution in [1.82, 2.24) is 9.97 Å². The molecule has 0 radical (unpaired) electrons. The standard InChI is InChI=1S/C20H20N2/c1-15(2)14-17-11-13-22-20(18-10-6-7-12-21-18)19(17)16-8-4-3-5-9-16/h3-13,15H,14H2,1-2H3/i1D3,2D3,14D2,15D. The Morgan fingerprint density at radius 1 is 1.00 bits per heavy atom. The summed E-state index contributed by atoms with van der Waals surface area (Å²) in [4.78, 5) is 8.60. The summed E-state index contributed by atoms with van der Waals surface area (Å²) in [5, 5.41) is 0. The first-order chi connectivity index (χ1) is 14.3. The van der Waals surface area contributed by atoms with Crippen LogP contribution in [0.3, 0.4) is 0 Å². The smallest absolute Gasteiger partial charge is 0.0967 e. The van der Waals surface area contributed by atoms with Gasteiger partial charge in [-0.3, -0.25) is 9.97 Å². The van der Waals surface area contributed by atoms with Crippen LogP contribution in [0, 0.1) is 5.89 Å². The molecule has 2 aromatic heterocycles. The van der Waals surface area contributed by atoms with Crippen molar-refractivity contribution >= 4 is 0 Å². The van der Waals surface area contributed by atoms with Gasteiger partial charge in [0, 0.05) is 30.3 Å². The molecule has 0 amide bonds. The second-order valence-corrected chi connectivity index (χ2v) is 4.66. The first kappa shape index (κ1) is 7.19. The van der Waals surface area contributed by atoms with Gasteiger partial charge in [-0.1, -0.05) is 50.1 Å². The van der Waals surface area contributed by atoms with Gasteiger partial charge in [0.25, 0.3) is 0 Å². The molecule has 22 heavy (non-hydrogen) atoms. The Hall–Kier alpha value is -2.48. The normalized spacial score (nSPS) is 19.2. The Balaban J connectivity index is 2.41. The van der Waals surface area contributed by atoms with Crippen molar-refractivity contribution in [2.75, 3.05) is 0 Å².